The SMILES string of the molecule is C=C(C)C(=O)NCCCCC(NS(=O)(=O)c1cc(O)c2ccc3c(S(=O)(=O)NC(CCCCNC(=O)C(=C)C)C(=O)O)cc(S(=O)(=O)NC(CCCCNC(=O)C(=C)C)C(=O)O)c4ccc1c2c34)C(=O)O. The number of carboxylic acids is 3. The van der Waals surface area contributed by atoms with E-state index in [9.17, 15) is 74.4 Å². The van der Waals surface area contributed by atoms with Gasteiger partial charge in [-0.3, -0.25) is 28.8 Å². The molecule has 4 aromatic rings. The Morgan fingerprint density at radius 2 is 0.732 bits per heavy atom. The first-order valence-corrected chi connectivity index (χ1v) is 26.6. The predicted molar refractivity (Wildman–Crippen MR) is 262 cm³/mol. The maximum absolute atomic E-state index is 14.5. The lowest BCUT2D eigenvalue weighted by atomic mass is 9.94. The van der Waals surface area contributed by atoms with Crippen LogP contribution in [0.1, 0.15) is 78.6 Å². The van der Waals surface area contributed by atoms with E-state index in [0.717, 1.165) is 18.2 Å². The molecule has 0 spiro atoms. The van der Waals surface area contributed by atoms with Crippen molar-refractivity contribution in [3.05, 3.63) is 72.9 Å². The van der Waals surface area contributed by atoms with Crippen LogP contribution in [0.15, 0.2) is 87.5 Å². The summed E-state index contributed by atoms with van der Waals surface area (Å²) in [5.41, 5.74) is 0.707. The van der Waals surface area contributed by atoms with Gasteiger partial charge in [0.15, 0.2) is 0 Å². The van der Waals surface area contributed by atoms with Crippen molar-refractivity contribution < 1.29 is 74.4 Å². The lowest BCUT2D eigenvalue weighted by Gasteiger charge is -2.22. The third-order valence-corrected chi connectivity index (χ3v) is 15.7. The fourth-order valence-corrected chi connectivity index (χ4v) is 11.9. The number of phenolic OH excluding ortho intramolecular Hbond substituents is 1. The second-order valence-corrected chi connectivity index (χ2v) is 22.0. The Hall–Kier alpha value is -6.51. The lowest BCUT2D eigenvalue weighted by Crippen LogP contribution is -2.41. The number of carbonyl (C=O) groups excluding carboxylic acids is 3. The van der Waals surface area contributed by atoms with E-state index < -0.39 is 104 Å². The van der Waals surface area contributed by atoms with E-state index in [-0.39, 0.29) is 126 Å². The van der Waals surface area contributed by atoms with Crippen LogP contribution in [0.3, 0.4) is 0 Å². The summed E-state index contributed by atoms with van der Waals surface area (Å²) in [6, 6.07) is 0.856. The largest absolute Gasteiger partial charge is 0.507 e. The third-order valence-electron chi connectivity index (χ3n) is 11.2. The number of benzene rings is 4. The smallest absolute Gasteiger partial charge is 0.321 e. The summed E-state index contributed by atoms with van der Waals surface area (Å²) in [6.07, 6.45) is 0.124. The number of amides is 3. The summed E-state index contributed by atoms with van der Waals surface area (Å²) < 4.78 is 92.7. The summed E-state index contributed by atoms with van der Waals surface area (Å²) in [7, 11) is -15.1. The first kappa shape index (κ1) is 57.1. The van der Waals surface area contributed by atoms with Crippen LogP contribution in [0.4, 0.5) is 0 Å². The highest BCUT2D eigenvalue weighted by atomic mass is 32.2. The van der Waals surface area contributed by atoms with Gasteiger partial charge in [-0.2, -0.15) is 14.2 Å². The summed E-state index contributed by atoms with van der Waals surface area (Å²) in [5.74, 6) is -6.81. The fourth-order valence-electron chi connectivity index (χ4n) is 7.48. The van der Waals surface area contributed by atoms with Crippen LogP contribution in [-0.2, 0) is 58.8 Å². The van der Waals surface area contributed by atoms with Crippen LogP contribution < -0.4 is 30.1 Å². The van der Waals surface area contributed by atoms with Crippen molar-refractivity contribution in [3.63, 3.8) is 0 Å². The monoisotopic (exact) mass is 1050 g/mol. The number of carbonyl (C=O) groups is 6. The van der Waals surface area contributed by atoms with E-state index in [0.29, 0.717) is 6.07 Å². The maximum atomic E-state index is 14.5. The second-order valence-electron chi connectivity index (χ2n) is 17.0. The highest BCUT2D eigenvalue weighted by Crippen LogP contribution is 2.45. The molecule has 25 heteroatoms. The molecule has 0 bridgehead atoms. The van der Waals surface area contributed by atoms with Crippen LogP contribution in [-0.4, -0.2) is 119 Å². The van der Waals surface area contributed by atoms with Crippen LogP contribution in [0.2, 0.25) is 0 Å². The zero-order valence-corrected chi connectivity index (χ0v) is 41.7. The Kier molecular flexibility index (Phi) is 19.3. The number of carboxylic acid groups (broad SMARTS) is 3. The summed E-state index contributed by atoms with van der Waals surface area (Å²) >= 11 is 0. The molecular formula is C46H58N6O16S3. The standard InChI is InChI=1S/C46H58N6O16S3/c1-25(2)41(54)47-20-10-7-13-32(44(57)58)50-69(63,64)36-23-35(53)28-16-17-30-37(70(65,66)51-33(45(59)60)14-8-11-21-48-42(55)26(3)4)24-38(31-19-18-29(36)39(28)40(30)31)71(67,68)52-34(46(61)62)15-9-12-22-49-43(56)27(5)6/h16-19,23-24,32-34,50-53H,1,3,5,7-15,20-22H2,2,4,6H3,(H,47,54)(H,48,55)(H,49,56)(H,57,58)(H,59,60)(H,61,62). The van der Waals surface area contributed by atoms with Gasteiger partial charge in [-0.1, -0.05) is 37.9 Å². The Bertz CT molecular complexity index is 3010. The molecule has 3 unspecified atom stereocenters. The quantitative estimate of drug-likeness (QED) is 0.0204. The zero-order chi connectivity index (χ0) is 53.2. The number of unbranched alkanes of at least 4 members (excludes halogenated alkanes) is 3. The van der Waals surface area contributed by atoms with Gasteiger partial charge in [-0.15, -0.1) is 0 Å². The summed E-state index contributed by atoms with van der Waals surface area (Å²) in [5, 5.41) is 48.0. The molecule has 0 aromatic heterocycles. The van der Waals surface area contributed by atoms with Crippen molar-refractivity contribution in [3.8, 4) is 5.75 Å². The molecule has 71 heavy (non-hydrogen) atoms. The molecule has 0 heterocycles. The van der Waals surface area contributed by atoms with Crippen LogP contribution >= 0.6 is 0 Å². The lowest BCUT2D eigenvalue weighted by molar-refractivity contribution is -0.140. The Balaban J connectivity index is 1.88. The van der Waals surface area contributed by atoms with E-state index in [1.165, 1.54) is 32.9 Å². The van der Waals surface area contributed by atoms with Gasteiger partial charge in [0.2, 0.25) is 47.8 Å². The van der Waals surface area contributed by atoms with Crippen LogP contribution in [0.25, 0.3) is 32.3 Å². The highest BCUT2D eigenvalue weighted by molar-refractivity contribution is 7.90. The van der Waals surface area contributed by atoms with Gasteiger partial charge in [-0.25, -0.2) is 25.3 Å². The first-order valence-electron chi connectivity index (χ1n) is 22.1. The number of hydrogen-bond acceptors (Lipinski definition) is 13. The molecule has 3 atom stereocenters. The predicted octanol–water partition coefficient (Wildman–Crippen LogP) is 3.07. The van der Waals surface area contributed by atoms with E-state index in [1.807, 2.05) is 0 Å². The van der Waals surface area contributed by atoms with Gasteiger partial charge in [0.1, 0.15) is 23.9 Å². The number of aromatic hydroxyl groups is 1. The molecule has 0 fully saturated rings. The minimum atomic E-state index is -5.10. The molecular weight excluding hydrogens is 989 g/mol. The molecule has 0 radical (unpaired) electrons. The van der Waals surface area contributed by atoms with Crippen molar-refractivity contribution in [2.24, 2.45) is 0 Å². The molecule has 3 amide bonds. The second kappa shape index (κ2) is 24.1. The highest BCUT2D eigenvalue weighted by Gasteiger charge is 2.35. The Labute approximate surface area is 410 Å². The van der Waals surface area contributed by atoms with Crippen molar-refractivity contribution in [1.29, 1.82) is 0 Å². The normalized spacial score (nSPS) is 13.3. The van der Waals surface area contributed by atoms with Crippen molar-refractivity contribution in [2.45, 2.75) is 111 Å². The van der Waals surface area contributed by atoms with Gasteiger partial charge in [0.25, 0.3) is 0 Å². The zero-order valence-electron chi connectivity index (χ0n) is 39.2. The minimum absolute atomic E-state index is 0.0792. The van der Waals surface area contributed by atoms with E-state index in [4.69, 9.17) is 0 Å². The number of rotatable bonds is 30. The van der Waals surface area contributed by atoms with Crippen LogP contribution in [0, 0.1) is 0 Å². The molecule has 0 aliphatic heterocycles. The number of nitrogens with one attached hydrogen (secondary N) is 6. The number of sulfonamides is 3. The Morgan fingerprint density at radius 3 is 1.01 bits per heavy atom. The first-order chi connectivity index (χ1) is 33.1. The van der Waals surface area contributed by atoms with E-state index in [2.05, 4.69) is 49.9 Å². The van der Waals surface area contributed by atoms with Crippen molar-refractivity contribution in [1.82, 2.24) is 30.1 Å². The minimum Gasteiger partial charge on any atom is -0.507 e. The molecule has 0 aliphatic carbocycles. The van der Waals surface area contributed by atoms with Crippen molar-refractivity contribution >= 4 is 98.0 Å². The van der Waals surface area contributed by atoms with Gasteiger partial charge in [0, 0.05) is 74.7 Å². The molecule has 4 rings (SSSR count). The summed E-state index contributed by atoms with van der Waals surface area (Å²) in [6.45, 7) is 15.4. The average molecular weight is 1050 g/mol. The van der Waals surface area contributed by atoms with Gasteiger partial charge in [-0.05, 0) is 90.7 Å². The Morgan fingerprint density at radius 1 is 0.465 bits per heavy atom. The molecule has 386 valence electrons. The molecule has 0 aliphatic rings. The molecule has 10 N–H and O–H groups in total. The maximum Gasteiger partial charge on any atom is 0.321 e. The molecule has 0 saturated heterocycles. The third kappa shape index (κ3) is 14.5. The van der Waals surface area contributed by atoms with Gasteiger partial charge < -0.3 is 36.4 Å². The van der Waals surface area contributed by atoms with E-state index in [1.54, 1.807) is 0 Å². The van der Waals surface area contributed by atoms with Gasteiger partial charge in [0.05, 0.1) is 14.7 Å². The topological polar surface area (TPSA) is 358 Å². The van der Waals surface area contributed by atoms with Gasteiger partial charge >= 0.3 is 17.9 Å². The fraction of sp³-hybridized carbons (Fsp3) is 0.391. The molecule has 4 aromatic carbocycles. The summed E-state index contributed by atoms with van der Waals surface area (Å²) in [4.78, 5) is 70.6. The number of phenols is 1. The van der Waals surface area contributed by atoms with Crippen molar-refractivity contribution in [2.75, 3.05) is 19.6 Å². The molecule has 0 saturated carbocycles. The van der Waals surface area contributed by atoms with E-state index >= 15 is 0 Å². The van der Waals surface area contributed by atoms with Crippen LogP contribution in [0.5, 0.6) is 5.75 Å². The number of aliphatic carboxylic acids is 3. The average Bonchev–Trinajstić information content (AvgIpc) is 3.28. The number of hydrogen-bond donors (Lipinski definition) is 10. The molecule has 22 nitrogen and oxygen atoms in total.